The summed E-state index contributed by atoms with van der Waals surface area (Å²) in [6.45, 7) is 9.42. The largest absolute Gasteiger partial charge is 0.396 e. The zero-order chi connectivity index (χ0) is 20.5. The molecule has 8 heteroatoms. The van der Waals surface area contributed by atoms with Crippen LogP contribution in [0.2, 0.25) is 0 Å². The first-order chi connectivity index (χ1) is 12.3. The molecule has 1 aliphatic heterocycles. The van der Waals surface area contributed by atoms with Gasteiger partial charge in [-0.1, -0.05) is 45.0 Å². The van der Waals surface area contributed by atoms with E-state index in [1.807, 2.05) is 0 Å². The first-order valence-corrected chi connectivity index (χ1v) is 11.4. The Balaban J connectivity index is 0.00000392. The van der Waals surface area contributed by atoms with Gasteiger partial charge >= 0.3 is 6.18 Å². The molecule has 1 fully saturated rings. The number of hydrogen-bond acceptors (Lipinski definition) is 3. The summed E-state index contributed by atoms with van der Waals surface area (Å²) in [6.07, 6.45) is -1.41. The van der Waals surface area contributed by atoms with Gasteiger partial charge in [0.05, 0.1) is 11.7 Å². The van der Waals surface area contributed by atoms with E-state index in [0.29, 0.717) is 12.5 Å². The Hall–Kier alpha value is -0.790. The van der Waals surface area contributed by atoms with Crippen molar-refractivity contribution < 1.29 is 21.6 Å². The molecule has 0 N–H and O–H groups in total. The lowest BCUT2D eigenvalue weighted by Crippen LogP contribution is -2.40. The molecule has 1 saturated heterocycles. The van der Waals surface area contributed by atoms with E-state index < -0.39 is 27.7 Å². The van der Waals surface area contributed by atoms with Gasteiger partial charge in [0, 0.05) is 19.3 Å². The van der Waals surface area contributed by atoms with Crippen molar-refractivity contribution >= 4 is 22.2 Å². The maximum atomic E-state index is 13.3. The fraction of sp³-hybridized carbons (Fsp3) is 0.700. The Bertz CT molecular complexity index is 727. The second-order valence-corrected chi connectivity index (χ2v) is 11.1. The Morgan fingerprint density at radius 2 is 1.71 bits per heavy atom. The summed E-state index contributed by atoms with van der Waals surface area (Å²) < 4.78 is 62.7. The van der Waals surface area contributed by atoms with E-state index >= 15 is 0 Å². The fourth-order valence-electron chi connectivity index (χ4n) is 3.70. The standard InChI is InChI=1S/C20H30F3NO2S.ClH/c1-19(2,3)17-6-5-11-24(13-17)12-15-7-9-16(10-8-15)18(20(21,22)23)14-27(4,25)26;/h7-10,17-18H,5-6,11-14H2,1-4H3;1H/t17?,18-;/m0./s1. The van der Waals surface area contributed by atoms with Gasteiger partial charge in [0.25, 0.3) is 0 Å². The molecule has 0 amide bonds. The van der Waals surface area contributed by atoms with Crippen LogP contribution in [0.5, 0.6) is 0 Å². The minimum atomic E-state index is -4.59. The molecule has 0 spiro atoms. The number of piperidine rings is 1. The molecule has 1 aliphatic rings. The van der Waals surface area contributed by atoms with Gasteiger partial charge in [0.1, 0.15) is 9.84 Å². The van der Waals surface area contributed by atoms with Gasteiger partial charge in [0.15, 0.2) is 0 Å². The van der Waals surface area contributed by atoms with Crippen molar-refractivity contribution in [1.82, 2.24) is 4.90 Å². The number of benzene rings is 1. The van der Waals surface area contributed by atoms with E-state index in [1.165, 1.54) is 18.6 Å². The Kier molecular flexibility index (Phi) is 8.43. The number of hydrogen-bond donors (Lipinski definition) is 0. The lowest BCUT2D eigenvalue weighted by molar-refractivity contribution is -0.145. The summed E-state index contributed by atoms with van der Waals surface area (Å²) in [5.74, 6) is -2.30. The second-order valence-electron chi connectivity index (χ2n) is 8.87. The van der Waals surface area contributed by atoms with Crippen LogP contribution in [0, 0.1) is 11.3 Å². The molecule has 0 saturated carbocycles. The molecule has 0 aromatic heterocycles. The van der Waals surface area contributed by atoms with Crippen LogP contribution in [0.1, 0.15) is 50.7 Å². The summed E-state index contributed by atoms with van der Waals surface area (Å²) >= 11 is 0. The van der Waals surface area contributed by atoms with Crippen LogP contribution in [0.3, 0.4) is 0 Å². The summed E-state index contributed by atoms with van der Waals surface area (Å²) in [5.41, 5.74) is 1.20. The summed E-state index contributed by atoms with van der Waals surface area (Å²) in [7, 11) is -3.74. The van der Waals surface area contributed by atoms with E-state index in [-0.39, 0.29) is 23.4 Å². The van der Waals surface area contributed by atoms with Crippen LogP contribution in [-0.2, 0) is 16.4 Å². The van der Waals surface area contributed by atoms with E-state index in [0.717, 1.165) is 31.3 Å². The first kappa shape index (κ1) is 25.2. The molecule has 0 aliphatic carbocycles. The second kappa shape index (κ2) is 9.35. The van der Waals surface area contributed by atoms with Gasteiger partial charge in [0.2, 0.25) is 0 Å². The smallest absolute Gasteiger partial charge is 0.299 e. The minimum Gasteiger partial charge on any atom is -0.299 e. The molecule has 1 unspecified atom stereocenters. The quantitative estimate of drug-likeness (QED) is 0.641. The molecular formula is C20H31ClF3NO2S. The van der Waals surface area contributed by atoms with Crippen LogP contribution in [0.15, 0.2) is 24.3 Å². The molecular weight excluding hydrogens is 411 g/mol. The van der Waals surface area contributed by atoms with Crippen LogP contribution in [0.25, 0.3) is 0 Å². The number of rotatable bonds is 5. The normalized spacial score (nSPS) is 20.5. The van der Waals surface area contributed by atoms with E-state index in [2.05, 4.69) is 25.7 Å². The monoisotopic (exact) mass is 441 g/mol. The van der Waals surface area contributed by atoms with Crippen molar-refractivity contribution in [1.29, 1.82) is 0 Å². The van der Waals surface area contributed by atoms with Gasteiger partial charge < -0.3 is 0 Å². The molecule has 162 valence electrons. The van der Waals surface area contributed by atoms with Gasteiger partial charge in [-0.3, -0.25) is 4.90 Å². The summed E-state index contributed by atoms with van der Waals surface area (Å²) in [6, 6.07) is 6.22. The number of nitrogens with zero attached hydrogens (tertiary/aromatic N) is 1. The summed E-state index contributed by atoms with van der Waals surface area (Å²) in [4.78, 5) is 2.35. The molecule has 2 rings (SSSR count). The number of alkyl halides is 3. The van der Waals surface area contributed by atoms with Gasteiger partial charge in [-0.25, -0.2) is 8.42 Å². The van der Waals surface area contributed by atoms with Crippen molar-refractivity contribution in [3.05, 3.63) is 35.4 Å². The van der Waals surface area contributed by atoms with E-state index in [4.69, 9.17) is 0 Å². The van der Waals surface area contributed by atoms with Crippen LogP contribution in [0.4, 0.5) is 13.2 Å². The topological polar surface area (TPSA) is 37.4 Å². The third-order valence-electron chi connectivity index (χ3n) is 5.38. The number of halogens is 4. The van der Waals surface area contributed by atoms with Crippen LogP contribution in [-0.4, -0.2) is 44.6 Å². The van der Waals surface area contributed by atoms with Crippen molar-refractivity contribution in [3.63, 3.8) is 0 Å². The Labute approximate surface area is 173 Å². The average molecular weight is 442 g/mol. The molecule has 0 radical (unpaired) electrons. The fourth-order valence-corrected chi connectivity index (χ4v) is 4.69. The van der Waals surface area contributed by atoms with Crippen LogP contribution < -0.4 is 0 Å². The van der Waals surface area contributed by atoms with Crippen molar-refractivity contribution in [2.24, 2.45) is 11.3 Å². The zero-order valence-electron chi connectivity index (χ0n) is 16.9. The first-order valence-electron chi connectivity index (χ1n) is 9.31. The van der Waals surface area contributed by atoms with Crippen LogP contribution >= 0.6 is 12.4 Å². The highest BCUT2D eigenvalue weighted by Crippen LogP contribution is 2.36. The highest BCUT2D eigenvalue weighted by Gasteiger charge is 2.42. The predicted molar refractivity (Wildman–Crippen MR) is 110 cm³/mol. The molecule has 2 atom stereocenters. The molecule has 0 bridgehead atoms. The molecule has 1 heterocycles. The third-order valence-corrected chi connectivity index (χ3v) is 6.32. The van der Waals surface area contributed by atoms with E-state index in [9.17, 15) is 21.6 Å². The van der Waals surface area contributed by atoms with Crippen molar-refractivity contribution in [3.8, 4) is 0 Å². The maximum Gasteiger partial charge on any atom is 0.396 e. The van der Waals surface area contributed by atoms with Crippen molar-refractivity contribution in [2.45, 2.75) is 52.3 Å². The maximum absolute atomic E-state index is 13.3. The number of likely N-dealkylation sites (tertiary alicyclic amines) is 1. The minimum absolute atomic E-state index is 0. The molecule has 28 heavy (non-hydrogen) atoms. The Morgan fingerprint density at radius 3 is 2.18 bits per heavy atom. The summed E-state index contributed by atoms with van der Waals surface area (Å²) in [5, 5.41) is 0. The lowest BCUT2D eigenvalue weighted by atomic mass is 9.76. The van der Waals surface area contributed by atoms with Gasteiger partial charge in [-0.15, -0.1) is 12.4 Å². The number of sulfone groups is 1. The van der Waals surface area contributed by atoms with Gasteiger partial charge in [-0.2, -0.15) is 13.2 Å². The van der Waals surface area contributed by atoms with E-state index in [1.54, 1.807) is 12.1 Å². The third kappa shape index (κ3) is 7.56. The molecule has 1 aromatic carbocycles. The Morgan fingerprint density at radius 1 is 1.14 bits per heavy atom. The zero-order valence-corrected chi connectivity index (χ0v) is 18.6. The van der Waals surface area contributed by atoms with Crippen molar-refractivity contribution in [2.75, 3.05) is 25.1 Å². The molecule has 3 nitrogen and oxygen atoms in total. The highest BCUT2D eigenvalue weighted by molar-refractivity contribution is 7.90. The average Bonchev–Trinajstić information content (AvgIpc) is 2.51. The highest BCUT2D eigenvalue weighted by atomic mass is 35.5. The van der Waals surface area contributed by atoms with Gasteiger partial charge in [-0.05, 0) is 41.8 Å². The predicted octanol–water partition coefficient (Wildman–Crippen LogP) is 5.06. The SMILES string of the molecule is CC(C)(C)C1CCCN(Cc2ccc([C@H](CS(C)(=O)=O)C(F)(F)F)cc2)C1.Cl. The molecule has 1 aromatic rings. The lowest BCUT2D eigenvalue weighted by Gasteiger charge is -2.39.